The van der Waals surface area contributed by atoms with Crippen molar-refractivity contribution in [3.8, 4) is 16.9 Å². The Bertz CT molecular complexity index is 895. The third-order valence-corrected chi connectivity index (χ3v) is 3.99. The first kappa shape index (κ1) is 18.6. The average molecular weight is 365 g/mol. The summed E-state index contributed by atoms with van der Waals surface area (Å²) in [6.07, 6.45) is 0. The van der Waals surface area contributed by atoms with E-state index in [1.807, 2.05) is 42.5 Å². The molecule has 0 heterocycles. The highest BCUT2D eigenvalue weighted by Crippen LogP contribution is 2.26. The number of amides is 1. The highest BCUT2D eigenvalue weighted by atomic mass is 19.1. The Morgan fingerprint density at radius 3 is 2.33 bits per heavy atom. The molecule has 3 aromatic rings. The molecule has 0 aromatic heterocycles. The van der Waals surface area contributed by atoms with E-state index < -0.39 is 5.82 Å². The molecule has 0 saturated carbocycles. The molecular weight excluding hydrogens is 345 g/mol. The summed E-state index contributed by atoms with van der Waals surface area (Å²) >= 11 is 0. The number of ether oxygens (including phenoxy) is 2. The van der Waals surface area contributed by atoms with Gasteiger partial charge in [-0.3, -0.25) is 4.79 Å². The minimum absolute atomic E-state index is 0.281. The highest BCUT2D eigenvalue weighted by Gasteiger charge is 2.12. The van der Waals surface area contributed by atoms with Crippen LogP contribution in [0.15, 0.2) is 72.8 Å². The van der Waals surface area contributed by atoms with Crippen LogP contribution in [0.25, 0.3) is 11.1 Å². The number of rotatable bonds is 7. The fourth-order valence-corrected chi connectivity index (χ4v) is 2.60. The van der Waals surface area contributed by atoms with E-state index in [4.69, 9.17) is 9.47 Å². The van der Waals surface area contributed by atoms with Crippen molar-refractivity contribution in [2.24, 2.45) is 0 Å². The summed E-state index contributed by atoms with van der Waals surface area (Å²) in [4.78, 5) is 12.5. The van der Waals surface area contributed by atoms with E-state index in [0.29, 0.717) is 24.5 Å². The Morgan fingerprint density at radius 1 is 0.926 bits per heavy atom. The van der Waals surface area contributed by atoms with Crippen LogP contribution >= 0.6 is 0 Å². The highest BCUT2D eigenvalue weighted by molar-refractivity contribution is 6.05. The molecule has 0 saturated heterocycles. The molecule has 3 rings (SSSR count). The van der Waals surface area contributed by atoms with Crippen molar-refractivity contribution in [1.82, 2.24) is 0 Å². The first-order valence-corrected chi connectivity index (χ1v) is 8.55. The van der Waals surface area contributed by atoms with Crippen LogP contribution in [-0.2, 0) is 4.74 Å². The Hall–Kier alpha value is -3.18. The summed E-state index contributed by atoms with van der Waals surface area (Å²) in [5.74, 6) is -0.400. The molecule has 0 unspecified atom stereocenters. The van der Waals surface area contributed by atoms with E-state index in [1.165, 1.54) is 18.2 Å². The summed E-state index contributed by atoms with van der Waals surface area (Å²) in [5.41, 5.74) is 2.84. The molecule has 0 bridgehead atoms. The lowest BCUT2D eigenvalue weighted by atomic mass is 10.0. The lowest BCUT2D eigenvalue weighted by Gasteiger charge is -2.13. The van der Waals surface area contributed by atoms with Gasteiger partial charge in [-0.2, -0.15) is 0 Å². The molecule has 27 heavy (non-hydrogen) atoms. The minimum atomic E-state index is -0.455. The van der Waals surface area contributed by atoms with Crippen LogP contribution in [0.4, 0.5) is 10.1 Å². The molecule has 4 nitrogen and oxygen atoms in total. The zero-order valence-corrected chi connectivity index (χ0v) is 14.9. The molecular formula is C22H20FNO3. The van der Waals surface area contributed by atoms with Gasteiger partial charge in [0.2, 0.25) is 0 Å². The van der Waals surface area contributed by atoms with Crippen LogP contribution in [-0.4, -0.2) is 26.2 Å². The number of hydrogen-bond acceptors (Lipinski definition) is 3. The lowest BCUT2D eigenvalue weighted by Crippen LogP contribution is -2.14. The van der Waals surface area contributed by atoms with Gasteiger partial charge in [-0.25, -0.2) is 4.39 Å². The van der Waals surface area contributed by atoms with E-state index in [2.05, 4.69) is 5.32 Å². The number of hydrogen-bond donors (Lipinski definition) is 1. The van der Waals surface area contributed by atoms with E-state index in [0.717, 1.165) is 11.1 Å². The number of methoxy groups -OCH3 is 1. The summed E-state index contributed by atoms with van der Waals surface area (Å²) in [5, 5.41) is 2.71. The maximum Gasteiger partial charge on any atom is 0.255 e. The number of anilines is 1. The monoisotopic (exact) mass is 365 g/mol. The fourth-order valence-electron chi connectivity index (χ4n) is 2.60. The number of carbonyl (C=O) groups excluding carboxylic acids is 1. The van der Waals surface area contributed by atoms with E-state index in [-0.39, 0.29) is 11.6 Å². The summed E-state index contributed by atoms with van der Waals surface area (Å²) in [6, 6.07) is 21.1. The van der Waals surface area contributed by atoms with Crippen molar-refractivity contribution in [2.75, 3.05) is 25.6 Å². The second-order valence-corrected chi connectivity index (χ2v) is 5.88. The molecule has 1 amide bonds. The molecule has 0 fully saturated rings. The molecule has 0 spiro atoms. The van der Waals surface area contributed by atoms with Gasteiger partial charge in [-0.05, 0) is 35.4 Å². The van der Waals surface area contributed by atoms with Gasteiger partial charge >= 0.3 is 0 Å². The lowest BCUT2D eigenvalue weighted by molar-refractivity contribution is 0.102. The fraction of sp³-hybridized carbons (Fsp3) is 0.136. The van der Waals surface area contributed by atoms with Gasteiger partial charge in [-0.1, -0.05) is 42.5 Å². The zero-order chi connectivity index (χ0) is 19.1. The van der Waals surface area contributed by atoms with E-state index in [9.17, 15) is 9.18 Å². The smallest absolute Gasteiger partial charge is 0.255 e. The van der Waals surface area contributed by atoms with E-state index >= 15 is 0 Å². The Balaban J connectivity index is 1.74. The van der Waals surface area contributed by atoms with Gasteiger partial charge in [0.1, 0.15) is 18.2 Å². The maximum absolute atomic E-state index is 13.6. The molecule has 0 radical (unpaired) electrons. The van der Waals surface area contributed by atoms with Crippen molar-refractivity contribution in [2.45, 2.75) is 0 Å². The third kappa shape index (κ3) is 4.92. The van der Waals surface area contributed by atoms with Crippen LogP contribution in [0, 0.1) is 5.82 Å². The van der Waals surface area contributed by atoms with Crippen molar-refractivity contribution < 1.29 is 18.7 Å². The molecule has 3 aromatic carbocycles. The molecule has 138 valence electrons. The van der Waals surface area contributed by atoms with Crippen molar-refractivity contribution in [3.05, 3.63) is 84.2 Å². The predicted molar refractivity (Wildman–Crippen MR) is 104 cm³/mol. The largest absolute Gasteiger partial charge is 0.489 e. The Kier molecular flexibility index (Phi) is 6.18. The number of halogens is 1. The van der Waals surface area contributed by atoms with Crippen LogP contribution in [0.3, 0.4) is 0 Å². The Morgan fingerprint density at radius 2 is 1.63 bits per heavy atom. The second kappa shape index (κ2) is 8.96. The quantitative estimate of drug-likeness (QED) is 0.614. The van der Waals surface area contributed by atoms with Crippen molar-refractivity contribution in [1.29, 1.82) is 0 Å². The Labute approximate surface area is 157 Å². The normalized spacial score (nSPS) is 10.4. The number of carbonyl (C=O) groups is 1. The van der Waals surface area contributed by atoms with Gasteiger partial charge < -0.3 is 14.8 Å². The first-order valence-electron chi connectivity index (χ1n) is 8.55. The molecule has 0 aliphatic rings. The van der Waals surface area contributed by atoms with Gasteiger partial charge in [-0.15, -0.1) is 0 Å². The maximum atomic E-state index is 13.6. The van der Waals surface area contributed by atoms with Crippen molar-refractivity contribution >= 4 is 11.6 Å². The predicted octanol–water partition coefficient (Wildman–Crippen LogP) is 4.77. The van der Waals surface area contributed by atoms with Crippen LogP contribution in [0.2, 0.25) is 0 Å². The topological polar surface area (TPSA) is 47.6 Å². The summed E-state index contributed by atoms with van der Waals surface area (Å²) < 4.78 is 24.1. The van der Waals surface area contributed by atoms with Gasteiger partial charge in [0, 0.05) is 18.7 Å². The first-order chi connectivity index (χ1) is 13.2. The minimum Gasteiger partial charge on any atom is -0.489 e. The summed E-state index contributed by atoms with van der Waals surface area (Å²) in [6.45, 7) is 0.697. The molecule has 0 aliphatic heterocycles. The van der Waals surface area contributed by atoms with Gasteiger partial charge in [0.05, 0.1) is 12.3 Å². The van der Waals surface area contributed by atoms with Crippen LogP contribution in [0.1, 0.15) is 10.4 Å². The van der Waals surface area contributed by atoms with Crippen molar-refractivity contribution in [3.63, 3.8) is 0 Å². The SMILES string of the molecule is COCCOc1ccc(F)cc1NC(=O)c1ccc(-c2ccccc2)cc1. The van der Waals surface area contributed by atoms with Gasteiger partial charge in [0.25, 0.3) is 5.91 Å². The molecule has 1 N–H and O–H groups in total. The van der Waals surface area contributed by atoms with Gasteiger partial charge in [0.15, 0.2) is 0 Å². The molecule has 0 atom stereocenters. The zero-order valence-electron chi connectivity index (χ0n) is 14.9. The van der Waals surface area contributed by atoms with Crippen LogP contribution in [0.5, 0.6) is 5.75 Å². The average Bonchev–Trinajstić information content (AvgIpc) is 2.70. The standard InChI is InChI=1S/C22H20FNO3/c1-26-13-14-27-21-12-11-19(23)15-20(21)24-22(25)18-9-7-17(8-10-18)16-5-3-2-4-6-16/h2-12,15H,13-14H2,1H3,(H,24,25). The van der Waals surface area contributed by atoms with E-state index in [1.54, 1.807) is 19.2 Å². The second-order valence-electron chi connectivity index (χ2n) is 5.88. The number of nitrogens with one attached hydrogen (secondary N) is 1. The molecule has 5 heteroatoms. The third-order valence-electron chi connectivity index (χ3n) is 3.99. The number of benzene rings is 3. The molecule has 0 aliphatic carbocycles. The summed E-state index contributed by atoms with van der Waals surface area (Å²) in [7, 11) is 1.57. The van der Waals surface area contributed by atoms with Crippen LogP contribution < -0.4 is 10.1 Å².